The third kappa shape index (κ3) is 2.11. The molecule has 4 rings (SSSR count). The summed E-state index contributed by atoms with van der Waals surface area (Å²) in [4.78, 5) is 0. The summed E-state index contributed by atoms with van der Waals surface area (Å²) in [7, 11) is 1.49. The Labute approximate surface area is 141 Å². The molecule has 0 saturated carbocycles. The van der Waals surface area contributed by atoms with Crippen LogP contribution in [0.25, 0.3) is 33.1 Å². The fraction of sp³-hybridized carbons (Fsp3) is 0.118. The second-order valence-corrected chi connectivity index (χ2v) is 5.82. The molecule has 1 N–H and O–H groups in total. The Morgan fingerprint density at radius 2 is 2.00 bits per heavy atom. The van der Waals surface area contributed by atoms with Gasteiger partial charge in [-0.15, -0.1) is 10.2 Å². The van der Waals surface area contributed by atoms with Gasteiger partial charge < -0.3 is 4.74 Å². The Morgan fingerprint density at radius 3 is 2.79 bits per heavy atom. The first-order valence-electron chi connectivity index (χ1n) is 7.22. The van der Waals surface area contributed by atoms with Crippen LogP contribution in [0.2, 0.25) is 5.02 Å². The quantitative estimate of drug-likeness (QED) is 0.590. The van der Waals surface area contributed by atoms with Crippen molar-refractivity contribution < 1.29 is 9.13 Å². The van der Waals surface area contributed by atoms with Gasteiger partial charge in [0, 0.05) is 22.6 Å². The molecule has 2 heterocycles. The van der Waals surface area contributed by atoms with Gasteiger partial charge >= 0.3 is 0 Å². The van der Waals surface area contributed by atoms with Crippen molar-refractivity contribution in [3.63, 3.8) is 0 Å². The van der Waals surface area contributed by atoms with Crippen molar-refractivity contribution in [2.24, 2.45) is 0 Å². The molecular formula is C17H12ClFN4O. The molecule has 2 aromatic carbocycles. The number of aromatic amines is 1. The minimum Gasteiger partial charge on any atom is -0.496 e. The summed E-state index contributed by atoms with van der Waals surface area (Å²) < 4.78 is 19.3. The molecule has 0 aliphatic carbocycles. The molecule has 5 nitrogen and oxygen atoms in total. The predicted molar refractivity (Wildman–Crippen MR) is 90.9 cm³/mol. The van der Waals surface area contributed by atoms with Gasteiger partial charge in [-0.2, -0.15) is 5.10 Å². The largest absolute Gasteiger partial charge is 0.496 e. The summed E-state index contributed by atoms with van der Waals surface area (Å²) >= 11 is 6.40. The molecule has 0 aliphatic heterocycles. The van der Waals surface area contributed by atoms with Crippen LogP contribution in [0.15, 0.2) is 30.5 Å². The number of hydrogen-bond donors (Lipinski definition) is 1. The minimum atomic E-state index is -0.399. The molecule has 0 amide bonds. The molecule has 0 atom stereocenters. The van der Waals surface area contributed by atoms with Crippen molar-refractivity contribution in [3.8, 4) is 16.9 Å². The summed E-state index contributed by atoms with van der Waals surface area (Å²) in [6, 6.07) is 6.99. The van der Waals surface area contributed by atoms with E-state index in [1.165, 1.54) is 13.2 Å². The van der Waals surface area contributed by atoms with Gasteiger partial charge in [-0.05, 0) is 24.6 Å². The number of H-pyrrole nitrogens is 1. The van der Waals surface area contributed by atoms with E-state index in [9.17, 15) is 4.39 Å². The zero-order valence-electron chi connectivity index (χ0n) is 12.9. The first kappa shape index (κ1) is 14.8. The third-order valence-corrected chi connectivity index (χ3v) is 4.56. The fourth-order valence-electron chi connectivity index (χ4n) is 2.78. The van der Waals surface area contributed by atoms with Crippen molar-refractivity contribution in [2.75, 3.05) is 7.11 Å². The number of halogens is 2. The van der Waals surface area contributed by atoms with Gasteiger partial charge in [-0.3, -0.25) is 5.10 Å². The lowest BCUT2D eigenvalue weighted by atomic mass is 9.99. The van der Waals surface area contributed by atoms with Crippen molar-refractivity contribution in [1.82, 2.24) is 20.4 Å². The Balaban J connectivity index is 2.05. The van der Waals surface area contributed by atoms with Crippen molar-refractivity contribution >= 4 is 33.5 Å². The normalized spacial score (nSPS) is 11.3. The molecule has 0 radical (unpaired) electrons. The van der Waals surface area contributed by atoms with Crippen molar-refractivity contribution in [3.05, 3.63) is 46.9 Å². The van der Waals surface area contributed by atoms with Crippen LogP contribution < -0.4 is 4.74 Å². The second-order valence-electron chi connectivity index (χ2n) is 5.44. The zero-order chi connectivity index (χ0) is 16.8. The standard InChI is InChI=1S/C17H12ClFN4O/c1-8-12(19)6-14(24-2)15(16(8)18)9-3-4-13-10(5-9)11-7-20-22-17(11)23-21-13/h3-7H,1-2H3,(H,20,22,23). The maximum absolute atomic E-state index is 13.9. The van der Waals surface area contributed by atoms with Gasteiger partial charge in [-0.25, -0.2) is 4.39 Å². The maximum Gasteiger partial charge on any atom is 0.178 e. The molecule has 2 aromatic heterocycles. The number of aromatic nitrogens is 4. The summed E-state index contributed by atoms with van der Waals surface area (Å²) in [5.41, 5.74) is 3.18. The zero-order valence-corrected chi connectivity index (χ0v) is 13.6. The predicted octanol–water partition coefficient (Wildman–Crippen LogP) is 4.28. The molecule has 0 spiro atoms. The number of methoxy groups -OCH3 is 1. The summed E-state index contributed by atoms with van der Waals surface area (Å²) in [6.45, 7) is 1.64. The van der Waals surface area contributed by atoms with E-state index in [0.717, 1.165) is 21.9 Å². The molecule has 0 bridgehead atoms. The summed E-state index contributed by atoms with van der Waals surface area (Å²) in [5, 5.41) is 17.1. The highest BCUT2D eigenvalue weighted by Gasteiger charge is 2.17. The Hall–Kier alpha value is -2.73. The summed E-state index contributed by atoms with van der Waals surface area (Å²) in [6.07, 6.45) is 1.70. The maximum atomic E-state index is 13.9. The molecule has 4 aromatic rings. The SMILES string of the molecule is COc1cc(F)c(C)c(Cl)c1-c1ccc2nnc3[nH]ncc3c2c1. The topological polar surface area (TPSA) is 63.7 Å². The van der Waals surface area contributed by atoms with Crippen LogP contribution in [0.1, 0.15) is 5.56 Å². The lowest BCUT2D eigenvalue weighted by Crippen LogP contribution is -1.95. The van der Waals surface area contributed by atoms with Crippen molar-refractivity contribution in [1.29, 1.82) is 0 Å². The number of fused-ring (bicyclic) bond motifs is 3. The molecule has 0 aliphatic rings. The highest BCUT2D eigenvalue weighted by molar-refractivity contribution is 6.34. The van der Waals surface area contributed by atoms with Gasteiger partial charge in [-0.1, -0.05) is 17.7 Å². The molecule has 0 saturated heterocycles. The Morgan fingerprint density at radius 1 is 1.17 bits per heavy atom. The average molecular weight is 343 g/mol. The number of nitrogens with zero attached hydrogens (tertiary/aromatic N) is 3. The van der Waals surface area contributed by atoms with Crippen molar-refractivity contribution in [2.45, 2.75) is 6.92 Å². The van der Waals surface area contributed by atoms with Gasteiger partial charge in [0.1, 0.15) is 11.6 Å². The number of benzene rings is 2. The van der Waals surface area contributed by atoms with E-state index in [0.29, 0.717) is 27.5 Å². The van der Waals surface area contributed by atoms with E-state index in [2.05, 4.69) is 20.4 Å². The van der Waals surface area contributed by atoms with Gasteiger partial charge in [0.15, 0.2) is 5.65 Å². The molecular weight excluding hydrogens is 331 g/mol. The van der Waals surface area contributed by atoms with E-state index < -0.39 is 5.82 Å². The first-order valence-corrected chi connectivity index (χ1v) is 7.60. The van der Waals surface area contributed by atoms with E-state index in [1.54, 1.807) is 13.1 Å². The van der Waals surface area contributed by atoms with Crippen LogP contribution in [-0.4, -0.2) is 27.5 Å². The monoisotopic (exact) mass is 342 g/mol. The Bertz CT molecular complexity index is 1090. The Kier molecular flexibility index (Phi) is 3.35. The van der Waals surface area contributed by atoms with Gasteiger partial charge in [0.2, 0.25) is 0 Å². The van der Waals surface area contributed by atoms with Gasteiger partial charge in [0.25, 0.3) is 0 Å². The first-order chi connectivity index (χ1) is 11.6. The third-order valence-electron chi connectivity index (χ3n) is 4.08. The molecule has 0 fully saturated rings. The fourth-order valence-corrected chi connectivity index (χ4v) is 3.07. The number of ether oxygens (including phenoxy) is 1. The van der Waals surface area contributed by atoms with Crippen LogP contribution in [0.4, 0.5) is 4.39 Å². The number of nitrogens with one attached hydrogen (secondary N) is 1. The lowest BCUT2D eigenvalue weighted by Gasteiger charge is -2.14. The van der Waals surface area contributed by atoms with Crippen LogP contribution in [-0.2, 0) is 0 Å². The molecule has 0 unspecified atom stereocenters. The van der Waals surface area contributed by atoms with E-state index in [1.807, 2.05) is 18.2 Å². The van der Waals surface area contributed by atoms with Crippen LogP contribution in [0.5, 0.6) is 5.75 Å². The smallest absolute Gasteiger partial charge is 0.178 e. The van der Waals surface area contributed by atoms with Gasteiger partial charge in [0.05, 0.1) is 29.2 Å². The number of hydrogen-bond acceptors (Lipinski definition) is 4. The number of rotatable bonds is 2. The molecule has 120 valence electrons. The second kappa shape index (κ2) is 5.42. The highest BCUT2D eigenvalue weighted by atomic mass is 35.5. The van der Waals surface area contributed by atoms with E-state index in [4.69, 9.17) is 16.3 Å². The molecule has 24 heavy (non-hydrogen) atoms. The highest BCUT2D eigenvalue weighted by Crippen LogP contribution is 2.41. The van der Waals surface area contributed by atoms with Crippen LogP contribution in [0.3, 0.4) is 0 Å². The van der Waals surface area contributed by atoms with Crippen LogP contribution >= 0.6 is 11.6 Å². The molecule has 7 heteroatoms. The minimum absolute atomic E-state index is 0.330. The van der Waals surface area contributed by atoms with E-state index >= 15 is 0 Å². The average Bonchev–Trinajstić information content (AvgIpc) is 3.08. The lowest BCUT2D eigenvalue weighted by molar-refractivity contribution is 0.412. The van der Waals surface area contributed by atoms with Crippen LogP contribution in [0, 0.1) is 12.7 Å². The summed E-state index contributed by atoms with van der Waals surface area (Å²) in [5.74, 6) is -0.0163. The van der Waals surface area contributed by atoms with E-state index in [-0.39, 0.29) is 0 Å².